The predicted molar refractivity (Wildman–Crippen MR) is 79.7 cm³/mol. The van der Waals surface area contributed by atoms with Gasteiger partial charge >= 0.3 is 0 Å². The SMILES string of the molecule is C[C@]1(CN)CCC[C@]2(C)c3cc(O)ccc3CC[C@@]12O. The first-order valence-electron chi connectivity index (χ1n) is 7.61. The Labute approximate surface area is 120 Å². The molecule has 110 valence electrons. The Hall–Kier alpha value is -1.06. The van der Waals surface area contributed by atoms with E-state index in [1.807, 2.05) is 12.1 Å². The number of hydrogen-bond acceptors (Lipinski definition) is 3. The standard InChI is InChI=1S/C17H25NO2/c1-15(11-18)7-3-8-16(2)14-10-13(19)5-4-12(14)6-9-17(15,16)20/h4-5,10,19-20H,3,6-9,11,18H2,1-2H3/t15-,16-,17-/m1/s1. The van der Waals surface area contributed by atoms with Crippen molar-refractivity contribution < 1.29 is 10.2 Å². The fraction of sp³-hybridized carbons (Fsp3) is 0.647. The number of phenolic OH excluding ortho intramolecular Hbond substituents is 1. The summed E-state index contributed by atoms with van der Waals surface area (Å²) in [6, 6.07) is 5.60. The molecule has 2 aliphatic rings. The number of aromatic hydroxyl groups is 1. The largest absolute Gasteiger partial charge is 0.508 e. The summed E-state index contributed by atoms with van der Waals surface area (Å²) in [4.78, 5) is 0. The van der Waals surface area contributed by atoms with Gasteiger partial charge in [0.25, 0.3) is 0 Å². The van der Waals surface area contributed by atoms with Crippen molar-refractivity contribution in [2.45, 2.75) is 57.0 Å². The number of phenols is 1. The molecule has 0 bridgehead atoms. The number of fused-ring (bicyclic) bond motifs is 3. The first-order chi connectivity index (χ1) is 9.36. The van der Waals surface area contributed by atoms with E-state index in [1.54, 1.807) is 6.07 Å². The fourth-order valence-corrected chi connectivity index (χ4v) is 4.73. The molecule has 2 aliphatic carbocycles. The summed E-state index contributed by atoms with van der Waals surface area (Å²) in [5, 5.41) is 21.4. The van der Waals surface area contributed by atoms with E-state index >= 15 is 0 Å². The first kappa shape index (κ1) is 13.9. The molecule has 0 aromatic heterocycles. The average molecular weight is 275 g/mol. The second-order valence-electron chi connectivity index (χ2n) is 7.15. The van der Waals surface area contributed by atoms with Gasteiger partial charge in [0.05, 0.1) is 5.60 Å². The van der Waals surface area contributed by atoms with Crippen LogP contribution in [0.2, 0.25) is 0 Å². The van der Waals surface area contributed by atoms with Crippen LogP contribution >= 0.6 is 0 Å². The number of rotatable bonds is 1. The zero-order chi connectivity index (χ0) is 14.6. The lowest BCUT2D eigenvalue weighted by Crippen LogP contribution is -2.66. The van der Waals surface area contributed by atoms with E-state index in [2.05, 4.69) is 13.8 Å². The Kier molecular flexibility index (Phi) is 2.93. The third-order valence-corrected chi connectivity index (χ3v) is 6.21. The normalized spacial score (nSPS) is 40.0. The molecular weight excluding hydrogens is 250 g/mol. The fourth-order valence-electron chi connectivity index (χ4n) is 4.73. The first-order valence-corrected chi connectivity index (χ1v) is 7.61. The minimum atomic E-state index is -0.784. The summed E-state index contributed by atoms with van der Waals surface area (Å²) < 4.78 is 0. The quantitative estimate of drug-likeness (QED) is 0.737. The molecule has 0 radical (unpaired) electrons. The monoisotopic (exact) mass is 275 g/mol. The molecule has 1 aromatic carbocycles. The molecule has 0 aliphatic heterocycles. The predicted octanol–water partition coefficient (Wildman–Crippen LogP) is 2.48. The van der Waals surface area contributed by atoms with Crippen LogP contribution in [0.25, 0.3) is 0 Å². The number of benzene rings is 1. The van der Waals surface area contributed by atoms with Crippen LogP contribution in [0.1, 0.15) is 50.7 Å². The zero-order valence-electron chi connectivity index (χ0n) is 12.4. The zero-order valence-corrected chi connectivity index (χ0v) is 12.4. The maximum atomic E-state index is 11.5. The summed E-state index contributed by atoms with van der Waals surface area (Å²) in [6.45, 7) is 4.78. The van der Waals surface area contributed by atoms with Crippen molar-refractivity contribution in [1.29, 1.82) is 0 Å². The van der Waals surface area contributed by atoms with Crippen LogP contribution in [-0.2, 0) is 11.8 Å². The molecule has 0 spiro atoms. The molecule has 3 rings (SSSR count). The van der Waals surface area contributed by atoms with E-state index in [0.29, 0.717) is 6.54 Å². The molecule has 20 heavy (non-hydrogen) atoms. The third kappa shape index (κ3) is 1.54. The minimum Gasteiger partial charge on any atom is -0.508 e. The highest BCUT2D eigenvalue weighted by Crippen LogP contribution is 2.59. The molecule has 0 unspecified atom stereocenters. The molecule has 0 heterocycles. The third-order valence-electron chi connectivity index (χ3n) is 6.21. The molecule has 3 heteroatoms. The van der Waals surface area contributed by atoms with Crippen LogP contribution in [0.3, 0.4) is 0 Å². The van der Waals surface area contributed by atoms with E-state index in [1.165, 1.54) is 5.56 Å². The number of aliphatic hydroxyl groups is 1. The lowest BCUT2D eigenvalue weighted by atomic mass is 9.47. The van der Waals surface area contributed by atoms with Crippen molar-refractivity contribution in [3.05, 3.63) is 29.3 Å². The lowest BCUT2D eigenvalue weighted by molar-refractivity contribution is -0.163. The second kappa shape index (κ2) is 4.22. The molecule has 1 fully saturated rings. The van der Waals surface area contributed by atoms with Crippen LogP contribution in [0, 0.1) is 5.41 Å². The Balaban J connectivity index is 2.20. The molecular formula is C17H25NO2. The van der Waals surface area contributed by atoms with Crippen molar-refractivity contribution >= 4 is 0 Å². The van der Waals surface area contributed by atoms with Gasteiger partial charge in [0.15, 0.2) is 0 Å². The molecule has 4 N–H and O–H groups in total. The van der Waals surface area contributed by atoms with Gasteiger partial charge in [-0.25, -0.2) is 0 Å². The van der Waals surface area contributed by atoms with Crippen molar-refractivity contribution in [2.24, 2.45) is 11.1 Å². The number of hydrogen-bond donors (Lipinski definition) is 3. The number of nitrogens with two attached hydrogens (primary N) is 1. The summed E-state index contributed by atoms with van der Waals surface area (Å²) in [5.74, 6) is 0.286. The van der Waals surface area contributed by atoms with Gasteiger partial charge in [-0.15, -0.1) is 0 Å². The van der Waals surface area contributed by atoms with Crippen LogP contribution in [0.15, 0.2) is 18.2 Å². The van der Waals surface area contributed by atoms with Gasteiger partial charge in [-0.1, -0.05) is 26.3 Å². The highest BCUT2D eigenvalue weighted by molar-refractivity contribution is 5.45. The van der Waals surface area contributed by atoms with Gasteiger partial charge < -0.3 is 15.9 Å². The van der Waals surface area contributed by atoms with Crippen LogP contribution in [-0.4, -0.2) is 22.4 Å². The van der Waals surface area contributed by atoms with Gasteiger partial charge in [0, 0.05) is 17.4 Å². The van der Waals surface area contributed by atoms with E-state index in [0.717, 1.165) is 37.7 Å². The lowest BCUT2D eigenvalue weighted by Gasteiger charge is -2.61. The Morgan fingerprint density at radius 3 is 2.65 bits per heavy atom. The van der Waals surface area contributed by atoms with Crippen molar-refractivity contribution in [2.75, 3.05) is 6.54 Å². The highest BCUT2D eigenvalue weighted by Gasteiger charge is 2.61. The van der Waals surface area contributed by atoms with Gasteiger partial charge in [0.2, 0.25) is 0 Å². The van der Waals surface area contributed by atoms with Crippen molar-refractivity contribution in [3.8, 4) is 5.75 Å². The number of aryl methyl sites for hydroxylation is 1. The minimum absolute atomic E-state index is 0.247. The molecule has 0 amide bonds. The molecule has 1 aromatic rings. The second-order valence-corrected chi connectivity index (χ2v) is 7.15. The summed E-state index contributed by atoms with van der Waals surface area (Å²) in [7, 11) is 0. The molecule has 0 saturated heterocycles. The molecule has 1 saturated carbocycles. The van der Waals surface area contributed by atoms with E-state index < -0.39 is 5.60 Å². The van der Waals surface area contributed by atoms with Gasteiger partial charge in [-0.05, 0) is 48.9 Å². The highest BCUT2D eigenvalue weighted by atomic mass is 16.3. The van der Waals surface area contributed by atoms with E-state index in [-0.39, 0.29) is 16.6 Å². The smallest absolute Gasteiger partial charge is 0.115 e. The Morgan fingerprint density at radius 2 is 1.95 bits per heavy atom. The summed E-state index contributed by atoms with van der Waals surface area (Å²) in [6.07, 6.45) is 4.62. The summed E-state index contributed by atoms with van der Waals surface area (Å²) in [5.41, 5.74) is 7.06. The Morgan fingerprint density at radius 1 is 1.20 bits per heavy atom. The van der Waals surface area contributed by atoms with E-state index in [9.17, 15) is 10.2 Å². The van der Waals surface area contributed by atoms with Crippen molar-refractivity contribution in [1.82, 2.24) is 0 Å². The molecule has 3 atom stereocenters. The van der Waals surface area contributed by atoms with Crippen LogP contribution in [0.5, 0.6) is 5.75 Å². The maximum absolute atomic E-state index is 11.5. The van der Waals surface area contributed by atoms with Gasteiger partial charge in [-0.2, -0.15) is 0 Å². The maximum Gasteiger partial charge on any atom is 0.115 e. The van der Waals surface area contributed by atoms with Crippen LogP contribution < -0.4 is 5.73 Å². The molecule has 3 nitrogen and oxygen atoms in total. The van der Waals surface area contributed by atoms with Gasteiger partial charge in [0.1, 0.15) is 5.75 Å². The van der Waals surface area contributed by atoms with Gasteiger partial charge in [-0.3, -0.25) is 0 Å². The summed E-state index contributed by atoms with van der Waals surface area (Å²) >= 11 is 0. The topological polar surface area (TPSA) is 66.5 Å². The average Bonchev–Trinajstić information content (AvgIpc) is 2.42. The van der Waals surface area contributed by atoms with Crippen molar-refractivity contribution in [3.63, 3.8) is 0 Å². The van der Waals surface area contributed by atoms with E-state index in [4.69, 9.17) is 5.73 Å². The van der Waals surface area contributed by atoms with Crippen LogP contribution in [0.4, 0.5) is 0 Å². The Bertz CT molecular complexity index is 544.